The molecule has 1 N–H and O–H groups in total. The smallest absolute Gasteiger partial charge is 0.271 e. The van der Waals surface area contributed by atoms with Crippen LogP contribution in [0.2, 0.25) is 0 Å². The molecule has 0 unspecified atom stereocenters. The Bertz CT molecular complexity index is 1600. The van der Waals surface area contributed by atoms with E-state index in [4.69, 9.17) is 0 Å². The first-order valence-electron chi connectivity index (χ1n) is 12.0. The Morgan fingerprint density at radius 2 is 1.51 bits per heavy atom. The lowest BCUT2D eigenvalue weighted by molar-refractivity contribution is -0.385. The van der Waals surface area contributed by atoms with Crippen LogP contribution >= 0.6 is 0 Å². The Kier molecular flexibility index (Phi) is 5.45. The highest BCUT2D eigenvalue weighted by atomic mass is 16.6. The highest BCUT2D eigenvalue weighted by Crippen LogP contribution is 2.49. The summed E-state index contributed by atoms with van der Waals surface area (Å²) in [7, 11) is 0. The number of hydrogen-bond donors (Lipinski definition) is 1. The molecule has 0 saturated carbocycles. The number of anilines is 3. The maximum atomic E-state index is 13.9. The molecule has 12 heteroatoms. The van der Waals surface area contributed by atoms with Crippen LogP contribution < -0.4 is 15.1 Å². The van der Waals surface area contributed by atoms with Crippen molar-refractivity contribution in [3.8, 4) is 0 Å². The lowest BCUT2D eigenvalue weighted by Crippen LogP contribution is -2.50. The predicted molar refractivity (Wildman–Crippen MR) is 140 cm³/mol. The van der Waals surface area contributed by atoms with E-state index in [1.807, 2.05) is 24.3 Å². The number of amides is 3. The van der Waals surface area contributed by atoms with Crippen LogP contribution in [0.15, 0.2) is 78.9 Å². The van der Waals surface area contributed by atoms with Crippen molar-refractivity contribution in [3.63, 3.8) is 0 Å². The molecule has 39 heavy (non-hydrogen) atoms. The fourth-order valence-electron chi connectivity index (χ4n) is 5.70. The number of carbonyl (C=O) groups is 3. The number of fused-ring (bicyclic) bond motifs is 5. The summed E-state index contributed by atoms with van der Waals surface area (Å²) in [5, 5.41) is 25.1. The van der Waals surface area contributed by atoms with Gasteiger partial charge in [0, 0.05) is 35.6 Å². The molecule has 194 valence electrons. The van der Waals surface area contributed by atoms with E-state index in [2.05, 4.69) is 5.32 Å². The van der Waals surface area contributed by atoms with E-state index in [9.17, 15) is 34.6 Å². The van der Waals surface area contributed by atoms with E-state index in [-0.39, 0.29) is 17.1 Å². The zero-order valence-electron chi connectivity index (χ0n) is 20.0. The number of nitro benzene ring substituents is 2. The van der Waals surface area contributed by atoms with Gasteiger partial charge in [0.2, 0.25) is 17.7 Å². The minimum atomic E-state index is -1.10. The third kappa shape index (κ3) is 3.72. The largest absolute Gasteiger partial charge is 0.351 e. The van der Waals surface area contributed by atoms with Gasteiger partial charge in [-0.2, -0.15) is 0 Å². The van der Waals surface area contributed by atoms with Crippen LogP contribution in [-0.4, -0.2) is 39.7 Å². The predicted octanol–water partition coefficient (Wildman–Crippen LogP) is 3.53. The van der Waals surface area contributed by atoms with Gasteiger partial charge in [0.1, 0.15) is 6.04 Å². The number of nitrogens with one attached hydrogen (secondary N) is 1. The van der Waals surface area contributed by atoms with Gasteiger partial charge in [-0.3, -0.25) is 34.6 Å². The van der Waals surface area contributed by atoms with Crippen molar-refractivity contribution < 1.29 is 24.2 Å². The molecule has 3 amide bonds. The van der Waals surface area contributed by atoms with Gasteiger partial charge in [0.25, 0.3) is 11.4 Å². The van der Waals surface area contributed by atoms with Crippen molar-refractivity contribution >= 4 is 52.2 Å². The Morgan fingerprint density at radius 3 is 2.23 bits per heavy atom. The number of hydrogen-bond acceptors (Lipinski definition) is 8. The van der Waals surface area contributed by atoms with Crippen molar-refractivity contribution in [1.82, 2.24) is 0 Å². The van der Waals surface area contributed by atoms with Crippen LogP contribution in [0.5, 0.6) is 0 Å². The van der Waals surface area contributed by atoms with Crippen molar-refractivity contribution in [2.75, 3.05) is 15.1 Å². The molecule has 0 aliphatic carbocycles. The molecular weight excluding hydrogens is 506 g/mol. The zero-order valence-corrected chi connectivity index (χ0v) is 20.0. The normalized spacial score (nSPS) is 22.8. The summed E-state index contributed by atoms with van der Waals surface area (Å²) in [5.74, 6) is -3.72. The van der Waals surface area contributed by atoms with Crippen molar-refractivity contribution in [2.45, 2.75) is 12.1 Å². The summed E-state index contributed by atoms with van der Waals surface area (Å²) < 4.78 is 0. The number of rotatable bonds is 5. The maximum absolute atomic E-state index is 13.9. The number of nitro groups is 2. The molecule has 12 nitrogen and oxygen atoms in total. The van der Waals surface area contributed by atoms with E-state index in [0.717, 1.165) is 16.5 Å². The maximum Gasteiger partial charge on any atom is 0.271 e. The van der Waals surface area contributed by atoms with E-state index in [1.165, 1.54) is 42.5 Å². The molecule has 6 rings (SSSR count). The Balaban J connectivity index is 1.41. The van der Waals surface area contributed by atoms with Crippen LogP contribution in [0, 0.1) is 32.1 Å². The lowest BCUT2D eigenvalue weighted by Gasteiger charge is -2.36. The molecule has 3 aliphatic rings. The molecule has 4 atom stereocenters. The topological polar surface area (TPSA) is 156 Å². The highest BCUT2D eigenvalue weighted by Gasteiger charge is 2.64. The number of carbonyl (C=O) groups excluding carboxylic acids is 3. The van der Waals surface area contributed by atoms with Crippen molar-refractivity contribution in [1.29, 1.82) is 0 Å². The monoisotopic (exact) mass is 525 g/mol. The van der Waals surface area contributed by atoms with Gasteiger partial charge >= 0.3 is 0 Å². The van der Waals surface area contributed by atoms with Gasteiger partial charge in [0.05, 0.1) is 33.4 Å². The third-order valence-corrected chi connectivity index (χ3v) is 7.33. The fourth-order valence-corrected chi connectivity index (χ4v) is 5.70. The van der Waals surface area contributed by atoms with Gasteiger partial charge in [-0.1, -0.05) is 36.4 Å². The SMILES string of the molecule is O=C(Nc1ccc([N+](=O)[O-])cc1)[C@@H]1[C@@H]2C(=O)N(c3cccc([N+](=O)[O-])c3)C(=O)[C@@H]2[C@H]2C=Cc3ccccc3N21. The summed E-state index contributed by atoms with van der Waals surface area (Å²) in [4.78, 5) is 65.3. The second-order valence-electron chi connectivity index (χ2n) is 9.39. The van der Waals surface area contributed by atoms with Crippen molar-refractivity contribution in [2.24, 2.45) is 11.8 Å². The molecule has 0 spiro atoms. The Hall–Kier alpha value is -5.39. The zero-order chi connectivity index (χ0) is 27.4. The number of nitrogens with zero attached hydrogens (tertiary/aromatic N) is 4. The number of benzene rings is 3. The van der Waals surface area contributed by atoms with Crippen LogP contribution in [0.4, 0.5) is 28.4 Å². The molecule has 3 heterocycles. The summed E-state index contributed by atoms with van der Waals surface area (Å²) in [6.45, 7) is 0. The van der Waals surface area contributed by atoms with Gasteiger partial charge in [-0.25, -0.2) is 4.90 Å². The first-order valence-corrected chi connectivity index (χ1v) is 12.0. The van der Waals surface area contributed by atoms with Gasteiger partial charge < -0.3 is 10.2 Å². The second kappa shape index (κ2) is 8.87. The van der Waals surface area contributed by atoms with E-state index in [0.29, 0.717) is 11.4 Å². The standard InChI is InChI=1S/C27H19N5O7/c33-25(28-16-9-11-17(12-10-16)31(36)37)24-23-22(21-13-8-15-4-1-2-7-20(15)30(21)24)26(34)29(27(23)35)18-5-3-6-19(14-18)32(38)39/h1-14,21-24H,(H,28,33)/t21-,22-,23-,24+/m1/s1. The van der Waals surface area contributed by atoms with Gasteiger partial charge in [0.15, 0.2) is 0 Å². The number of non-ortho nitro benzene ring substituents is 2. The van der Waals surface area contributed by atoms with Crippen LogP contribution in [0.3, 0.4) is 0 Å². The number of imide groups is 1. The Labute approximate surface area is 220 Å². The molecule has 0 radical (unpaired) electrons. The van der Waals surface area contributed by atoms with E-state index < -0.39 is 51.5 Å². The minimum absolute atomic E-state index is 0.0647. The average molecular weight is 525 g/mol. The summed E-state index contributed by atoms with van der Waals surface area (Å²) in [6, 6.07) is 16.1. The quantitative estimate of drug-likeness (QED) is 0.301. The summed E-state index contributed by atoms with van der Waals surface area (Å²) in [6.07, 6.45) is 3.64. The first-order chi connectivity index (χ1) is 18.8. The van der Waals surface area contributed by atoms with Crippen LogP contribution in [0.25, 0.3) is 6.08 Å². The molecule has 3 aliphatic heterocycles. The molecule has 3 aromatic carbocycles. The molecule has 2 saturated heterocycles. The van der Waals surface area contributed by atoms with Gasteiger partial charge in [-0.05, 0) is 29.8 Å². The minimum Gasteiger partial charge on any atom is -0.351 e. The highest BCUT2D eigenvalue weighted by molar-refractivity contribution is 6.25. The van der Waals surface area contributed by atoms with E-state index >= 15 is 0 Å². The van der Waals surface area contributed by atoms with Crippen LogP contribution in [0.1, 0.15) is 5.56 Å². The average Bonchev–Trinajstić information content (AvgIpc) is 3.41. The molecule has 2 fully saturated rings. The molecule has 0 aromatic heterocycles. The lowest BCUT2D eigenvalue weighted by atomic mass is 9.88. The summed E-state index contributed by atoms with van der Waals surface area (Å²) in [5.41, 5.74) is 1.44. The second-order valence-corrected chi connectivity index (χ2v) is 9.39. The molecule has 3 aromatic rings. The van der Waals surface area contributed by atoms with Crippen LogP contribution in [-0.2, 0) is 14.4 Å². The Morgan fingerprint density at radius 1 is 0.821 bits per heavy atom. The summed E-state index contributed by atoms with van der Waals surface area (Å²) >= 11 is 0. The molecule has 0 bridgehead atoms. The van der Waals surface area contributed by atoms with Crippen molar-refractivity contribution in [3.05, 3.63) is 105 Å². The van der Waals surface area contributed by atoms with Gasteiger partial charge in [-0.15, -0.1) is 0 Å². The first kappa shape index (κ1) is 24.0. The van der Waals surface area contributed by atoms with E-state index in [1.54, 1.807) is 17.0 Å². The fraction of sp³-hybridized carbons (Fsp3) is 0.148. The third-order valence-electron chi connectivity index (χ3n) is 7.33. The number of para-hydroxylation sites is 1. The molecular formula is C27H19N5O7.